The third-order valence-electron chi connectivity index (χ3n) is 6.57. The van der Waals surface area contributed by atoms with Gasteiger partial charge in [0.15, 0.2) is 0 Å². The first kappa shape index (κ1) is 38.8. The molecule has 45 heavy (non-hydrogen) atoms. The summed E-state index contributed by atoms with van der Waals surface area (Å²) in [6.45, 7) is 9.70. The van der Waals surface area contributed by atoms with Crippen LogP contribution in [0.3, 0.4) is 0 Å². The normalized spacial score (nSPS) is 13.0. The topological polar surface area (TPSA) is 129 Å². The Bertz CT molecular complexity index is 1320. The second-order valence-electron chi connectivity index (χ2n) is 12.6. The number of amides is 1. The number of ether oxygens (including phenoxy) is 2. The number of unbranched alkanes of at least 4 members (excludes halogenated alkanes) is 4. The zero-order chi connectivity index (χ0) is 33.5. The Morgan fingerprint density at radius 1 is 0.956 bits per heavy atom. The van der Waals surface area contributed by atoms with Gasteiger partial charge in [-0.25, -0.2) is 4.79 Å². The quantitative estimate of drug-likeness (QED) is 0.0905. The van der Waals surface area contributed by atoms with Crippen LogP contribution in [0.2, 0.25) is 0 Å². The molecule has 0 aromatic heterocycles. The van der Waals surface area contributed by atoms with Crippen LogP contribution in [0.15, 0.2) is 48.5 Å². The van der Waals surface area contributed by atoms with Gasteiger partial charge in [-0.15, -0.1) is 0 Å². The average Bonchev–Trinajstić information content (AvgIpc) is 2.93. The molecule has 10 nitrogen and oxygen atoms in total. The van der Waals surface area contributed by atoms with E-state index in [-0.39, 0.29) is 18.9 Å². The number of aryl methyl sites for hydroxylation is 1. The summed E-state index contributed by atoms with van der Waals surface area (Å²) >= 11 is 0. The van der Waals surface area contributed by atoms with Crippen LogP contribution in [0.5, 0.6) is 5.75 Å². The maximum Gasteiger partial charge on any atom is 0.410 e. The number of rotatable bonds is 20. The fourth-order valence-electron chi connectivity index (χ4n) is 4.45. The molecule has 2 rings (SSSR count). The fourth-order valence-corrected chi connectivity index (χ4v) is 5.45. The lowest BCUT2D eigenvalue weighted by Gasteiger charge is -2.29. The molecular weight excluding hydrogens is 617 g/mol. The van der Waals surface area contributed by atoms with Crippen molar-refractivity contribution in [3.05, 3.63) is 65.2 Å². The first-order chi connectivity index (χ1) is 21.0. The predicted octanol–water partition coefficient (Wildman–Crippen LogP) is 6.95. The molecule has 1 unspecified atom stereocenters. The zero-order valence-corrected chi connectivity index (χ0v) is 29.4. The van der Waals surface area contributed by atoms with E-state index in [1.165, 1.54) is 35.9 Å². The van der Waals surface area contributed by atoms with Crippen molar-refractivity contribution in [1.82, 2.24) is 4.90 Å². The van der Waals surface area contributed by atoms with Gasteiger partial charge >= 0.3 is 6.09 Å². The highest BCUT2D eigenvalue weighted by Crippen LogP contribution is 2.41. The number of carbonyl (C=O) groups is 1. The summed E-state index contributed by atoms with van der Waals surface area (Å²) < 4.78 is 57.4. The molecule has 0 aliphatic heterocycles. The van der Waals surface area contributed by atoms with Crippen molar-refractivity contribution in [3.8, 4) is 5.75 Å². The van der Waals surface area contributed by atoms with E-state index < -0.39 is 35.3 Å². The molecule has 0 fully saturated rings. The van der Waals surface area contributed by atoms with Gasteiger partial charge in [-0.3, -0.25) is 8.75 Å². The maximum atomic E-state index is 13.0. The molecule has 1 N–H and O–H groups in total. The minimum atomic E-state index is -3.76. The minimum Gasteiger partial charge on any atom is -0.444 e. The van der Waals surface area contributed by atoms with E-state index in [2.05, 4.69) is 24.3 Å². The second kappa shape index (κ2) is 18.6. The third-order valence-corrected chi connectivity index (χ3v) is 7.76. The monoisotopic (exact) mass is 669 g/mol. The number of benzene rings is 2. The Labute approximate surface area is 270 Å². The molecule has 2 aromatic rings. The van der Waals surface area contributed by atoms with Crippen LogP contribution in [-0.4, -0.2) is 76.0 Å². The number of hydrogen-bond donors (Lipinski definition) is 1. The summed E-state index contributed by atoms with van der Waals surface area (Å²) in [5.74, 6) is 0.197. The molecule has 1 amide bonds. The maximum absolute atomic E-state index is 13.0. The van der Waals surface area contributed by atoms with Gasteiger partial charge in [0.2, 0.25) is 7.37 Å². The highest BCUT2D eigenvalue weighted by atomic mass is 32.2. The second-order valence-corrected chi connectivity index (χ2v) is 16.9. The standard InChI is InChI=1S/C33H52NO9PS/c1-33(2,3)42-32(36)34(21-13-7-8-14-22-40-23-15-12-18-27-16-10-9-11-17-27)25-30(35)28-19-20-31(43-44(4,5)37)29(24-28)26-41-45(6,38)39/h9-11,16-17,19-20,24,30,35H,7-8,12-15,18,21-23,25-26H2,1-6H3. The third kappa shape index (κ3) is 17.7. The summed E-state index contributed by atoms with van der Waals surface area (Å²) in [5, 5.41) is 11.1. The van der Waals surface area contributed by atoms with Gasteiger partial charge in [-0.2, -0.15) is 8.42 Å². The van der Waals surface area contributed by atoms with Crippen LogP contribution in [-0.2, 0) is 41.4 Å². The first-order valence-corrected chi connectivity index (χ1v) is 19.9. The predicted molar refractivity (Wildman–Crippen MR) is 178 cm³/mol. The van der Waals surface area contributed by atoms with Crippen molar-refractivity contribution >= 4 is 23.6 Å². The molecule has 0 saturated carbocycles. The smallest absolute Gasteiger partial charge is 0.410 e. The molecule has 0 saturated heterocycles. The summed E-state index contributed by atoms with van der Waals surface area (Å²) in [5.41, 5.74) is 1.37. The first-order valence-electron chi connectivity index (χ1n) is 15.5. The SMILES string of the molecule is CC(C)(C)OC(=O)N(CCCCCCOCCCCc1ccccc1)CC(O)c1ccc(OP(C)(C)=O)c(COS(C)(=O)=O)c1. The van der Waals surface area contributed by atoms with E-state index in [0.29, 0.717) is 24.3 Å². The van der Waals surface area contributed by atoms with E-state index in [1.54, 1.807) is 26.8 Å². The van der Waals surface area contributed by atoms with Gasteiger partial charge in [-0.1, -0.05) is 49.2 Å². The van der Waals surface area contributed by atoms with Crippen LogP contribution in [0.25, 0.3) is 0 Å². The van der Waals surface area contributed by atoms with Crippen molar-refractivity contribution in [3.63, 3.8) is 0 Å². The Hall–Kier alpha value is -2.43. The summed E-state index contributed by atoms with van der Waals surface area (Å²) in [7, 11) is -6.72. The lowest BCUT2D eigenvalue weighted by atomic mass is 10.0. The van der Waals surface area contributed by atoms with Gasteiger partial charge in [0.1, 0.15) is 11.4 Å². The van der Waals surface area contributed by atoms with Crippen molar-refractivity contribution < 1.29 is 41.1 Å². The number of hydrogen-bond acceptors (Lipinski definition) is 9. The highest BCUT2D eigenvalue weighted by Gasteiger charge is 2.25. The van der Waals surface area contributed by atoms with Gasteiger partial charge in [0, 0.05) is 38.7 Å². The molecular formula is C33H52NO9PS. The van der Waals surface area contributed by atoms with Gasteiger partial charge in [-0.05, 0) is 76.1 Å². The van der Waals surface area contributed by atoms with Crippen molar-refractivity contribution in [1.29, 1.82) is 0 Å². The van der Waals surface area contributed by atoms with E-state index in [0.717, 1.165) is 57.8 Å². The lowest BCUT2D eigenvalue weighted by Crippen LogP contribution is -2.39. The molecule has 12 heteroatoms. The lowest BCUT2D eigenvalue weighted by molar-refractivity contribution is 0.0140. The van der Waals surface area contributed by atoms with Crippen molar-refractivity contribution in [2.75, 3.05) is 45.9 Å². The van der Waals surface area contributed by atoms with Crippen molar-refractivity contribution in [2.24, 2.45) is 0 Å². The van der Waals surface area contributed by atoms with E-state index in [1.807, 2.05) is 6.07 Å². The fraction of sp³-hybridized carbons (Fsp3) is 0.606. The van der Waals surface area contributed by atoms with Crippen LogP contribution < -0.4 is 4.52 Å². The van der Waals surface area contributed by atoms with Gasteiger partial charge < -0.3 is 24.0 Å². The number of aliphatic hydroxyl groups excluding tert-OH is 1. The average molecular weight is 670 g/mol. The molecule has 254 valence electrons. The van der Waals surface area contributed by atoms with Crippen molar-refractivity contribution in [2.45, 2.75) is 84.0 Å². The zero-order valence-electron chi connectivity index (χ0n) is 27.7. The number of nitrogens with zero attached hydrogens (tertiary/aromatic N) is 1. The molecule has 0 bridgehead atoms. The van der Waals surface area contributed by atoms with E-state index in [9.17, 15) is 22.9 Å². The van der Waals surface area contributed by atoms with Gasteiger partial charge in [0.25, 0.3) is 10.1 Å². The summed E-state index contributed by atoms with van der Waals surface area (Å²) in [4.78, 5) is 14.5. The van der Waals surface area contributed by atoms with Crippen LogP contribution in [0.1, 0.15) is 82.1 Å². The van der Waals surface area contributed by atoms with Crippen LogP contribution in [0.4, 0.5) is 4.79 Å². The number of carbonyl (C=O) groups excluding carboxylic acids is 1. The molecule has 0 spiro atoms. The molecule has 0 aliphatic rings. The van der Waals surface area contributed by atoms with Crippen LogP contribution in [0, 0.1) is 0 Å². The Balaban J connectivity index is 1.90. The van der Waals surface area contributed by atoms with E-state index in [4.69, 9.17) is 18.2 Å². The summed E-state index contributed by atoms with van der Waals surface area (Å²) in [6, 6.07) is 15.1. The Morgan fingerprint density at radius 3 is 2.22 bits per heavy atom. The number of aliphatic hydroxyl groups is 1. The van der Waals surface area contributed by atoms with E-state index >= 15 is 0 Å². The molecule has 2 aromatic carbocycles. The molecule has 0 aliphatic carbocycles. The molecule has 0 radical (unpaired) electrons. The highest BCUT2D eigenvalue weighted by molar-refractivity contribution is 7.85. The largest absolute Gasteiger partial charge is 0.444 e. The Morgan fingerprint density at radius 2 is 1.60 bits per heavy atom. The minimum absolute atomic E-state index is 0.0341. The summed E-state index contributed by atoms with van der Waals surface area (Å²) in [6.07, 6.45) is 6.00. The van der Waals surface area contributed by atoms with Crippen LogP contribution >= 0.6 is 7.37 Å². The molecule has 0 heterocycles. The van der Waals surface area contributed by atoms with Gasteiger partial charge in [0.05, 0.1) is 25.5 Å². The Kier molecular flexibility index (Phi) is 16.1. The molecule has 1 atom stereocenters.